The monoisotopic (exact) mass is 405 g/mol. The minimum Gasteiger partial charge on any atom is -0.454 e. The first kappa shape index (κ1) is 20.4. The molecule has 3 aromatic rings. The third kappa shape index (κ3) is 5.83. The Kier molecular flexibility index (Phi) is 6.98. The van der Waals surface area contributed by atoms with Crippen molar-refractivity contribution in [1.82, 2.24) is 4.90 Å². The van der Waals surface area contributed by atoms with E-state index < -0.39 is 6.10 Å². The number of hydrogen-bond donors (Lipinski definition) is 1. The Labute approximate surface area is 177 Å². The zero-order chi connectivity index (χ0) is 20.6. The molecule has 0 saturated carbocycles. The zero-order valence-corrected chi connectivity index (χ0v) is 16.9. The van der Waals surface area contributed by atoms with Crippen LogP contribution in [-0.4, -0.2) is 36.1 Å². The van der Waals surface area contributed by atoms with Crippen LogP contribution in [0.1, 0.15) is 16.7 Å². The van der Waals surface area contributed by atoms with E-state index in [1.165, 1.54) is 5.56 Å². The van der Waals surface area contributed by atoms with Gasteiger partial charge in [0.15, 0.2) is 11.5 Å². The molecule has 5 heteroatoms. The van der Waals surface area contributed by atoms with E-state index >= 15 is 0 Å². The smallest absolute Gasteiger partial charge is 0.231 e. The maximum atomic E-state index is 10.6. The first-order valence-corrected chi connectivity index (χ1v) is 10.2. The van der Waals surface area contributed by atoms with E-state index in [2.05, 4.69) is 17.0 Å². The first-order valence-electron chi connectivity index (χ1n) is 10.2. The molecule has 30 heavy (non-hydrogen) atoms. The Hall–Kier alpha value is -2.86. The topological polar surface area (TPSA) is 51.2 Å². The van der Waals surface area contributed by atoms with Gasteiger partial charge in [-0.1, -0.05) is 66.7 Å². The minimum atomic E-state index is -0.577. The predicted molar refractivity (Wildman–Crippen MR) is 115 cm³/mol. The summed E-state index contributed by atoms with van der Waals surface area (Å²) in [7, 11) is 0. The fourth-order valence-electron chi connectivity index (χ4n) is 3.56. The standard InChI is InChI=1S/C25H27NO4/c27-23(18-28-17-21-9-5-2-6-10-21)16-26(14-20-7-3-1-4-8-20)15-22-11-12-24-25(13-22)30-19-29-24/h1-13,23,27H,14-19H2/t23-/m1/s1. The van der Waals surface area contributed by atoms with Gasteiger partial charge in [0.25, 0.3) is 0 Å². The maximum Gasteiger partial charge on any atom is 0.231 e. The van der Waals surface area contributed by atoms with E-state index in [-0.39, 0.29) is 6.79 Å². The van der Waals surface area contributed by atoms with Crippen LogP contribution < -0.4 is 9.47 Å². The van der Waals surface area contributed by atoms with Gasteiger partial charge in [-0.15, -0.1) is 0 Å². The molecule has 156 valence electrons. The Morgan fingerprint density at radius 1 is 0.800 bits per heavy atom. The Balaban J connectivity index is 1.36. The molecule has 0 spiro atoms. The lowest BCUT2D eigenvalue weighted by atomic mass is 10.1. The van der Waals surface area contributed by atoms with Gasteiger partial charge in [-0.25, -0.2) is 0 Å². The molecule has 4 rings (SSSR count). The molecule has 1 aliphatic rings. The van der Waals surface area contributed by atoms with Crippen molar-refractivity contribution >= 4 is 0 Å². The fraction of sp³-hybridized carbons (Fsp3) is 0.280. The van der Waals surface area contributed by atoms with E-state index in [1.807, 2.05) is 66.7 Å². The molecule has 0 radical (unpaired) electrons. The molecule has 1 atom stereocenters. The lowest BCUT2D eigenvalue weighted by molar-refractivity contribution is 0.00712. The highest BCUT2D eigenvalue weighted by Gasteiger charge is 2.17. The van der Waals surface area contributed by atoms with Crippen LogP contribution in [0.25, 0.3) is 0 Å². The predicted octanol–water partition coefficient (Wildman–Crippen LogP) is 4.00. The van der Waals surface area contributed by atoms with Crippen LogP contribution in [0, 0.1) is 0 Å². The van der Waals surface area contributed by atoms with Crippen molar-refractivity contribution in [3.8, 4) is 11.5 Å². The van der Waals surface area contributed by atoms with Crippen LogP contribution in [0.5, 0.6) is 11.5 Å². The average Bonchev–Trinajstić information content (AvgIpc) is 3.23. The van der Waals surface area contributed by atoms with Gasteiger partial charge in [0.1, 0.15) is 0 Å². The number of ether oxygens (including phenoxy) is 3. The summed E-state index contributed by atoms with van der Waals surface area (Å²) in [6, 6.07) is 26.3. The molecule has 0 unspecified atom stereocenters. The molecule has 0 bridgehead atoms. The molecule has 0 aliphatic carbocycles. The summed E-state index contributed by atoms with van der Waals surface area (Å²) in [6.07, 6.45) is -0.577. The lowest BCUT2D eigenvalue weighted by Gasteiger charge is -2.25. The molecular formula is C25H27NO4. The van der Waals surface area contributed by atoms with Crippen LogP contribution >= 0.6 is 0 Å². The van der Waals surface area contributed by atoms with Crippen LogP contribution in [0.4, 0.5) is 0 Å². The number of nitrogens with zero attached hydrogens (tertiary/aromatic N) is 1. The second-order valence-corrected chi connectivity index (χ2v) is 7.50. The van der Waals surface area contributed by atoms with E-state index in [9.17, 15) is 5.11 Å². The fourth-order valence-corrected chi connectivity index (χ4v) is 3.56. The van der Waals surface area contributed by atoms with E-state index in [4.69, 9.17) is 14.2 Å². The van der Waals surface area contributed by atoms with Crippen molar-refractivity contribution in [2.75, 3.05) is 19.9 Å². The van der Waals surface area contributed by atoms with E-state index in [0.717, 1.165) is 29.2 Å². The normalized spacial score (nSPS) is 13.5. The molecule has 1 N–H and O–H groups in total. The summed E-state index contributed by atoms with van der Waals surface area (Å²) < 4.78 is 16.6. The van der Waals surface area contributed by atoms with Crippen LogP contribution in [0.3, 0.4) is 0 Å². The first-order chi connectivity index (χ1) is 14.8. The van der Waals surface area contributed by atoms with Gasteiger partial charge in [-0.05, 0) is 28.8 Å². The molecule has 0 fully saturated rings. The Morgan fingerprint density at radius 2 is 1.47 bits per heavy atom. The molecule has 0 saturated heterocycles. The van der Waals surface area contributed by atoms with Crippen molar-refractivity contribution in [2.24, 2.45) is 0 Å². The molecule has 1 heterocycles. The summed E-state index contributed by atoms with van der Waals surface area (Å²) in [5.41, 5.74) is 3.43. The molecule has 0 aromatic heterocycles. The van der Waals surface area contributed by atoms with Crippen molar-refractivity contribution in [3.05, 3.63) is 95.6 Å². The second kappa shape index (κ2) is 10.3. The number of benzene rings is 3. The van der Waals surface area contributed by atoms with Crippen molar-refractivity contribution in [1.29, 1.82) is 0 Å². The second-order valence-electron chi connectivity index (χ2n) is 7.50. The van der Waals surface area contributed by atoms with E-state index in [0.29, 0.717) is 26.3 Å². The minimum absolute atomic E-state index is 0.268. The Morgan fingerprint density at radius 3 is 2.23 bits per heavy atom. The van der Waals surface area contributed by atoms with E-state index in [1.54, 1.807) is 0 Å². The highest BCUT2D eigenvalue weighted by atomic mass is 16.7. The summed E-state index contributed by atoms with van der Waals surface area (Å²) in [6.45, 7) is 3.01. The van der Waals surface area contributed by atoms with Crippen molar-refractivity contribution in [2.45, 2.75) is 25.8 Å². The van der Waals surface area contributed by atoms with Crippen LogP contribution in [-0.2, 0) is 24.4 Å². The van der Waals surface area contributed by atoms with Crippen molar-refractivity contribution < 1.29 is 19.3 Å². The third-order valence-corrected chi connectivity index (χ3v) is 4.98. The maximum absolute atomic E-state index is 10.6. The van der Waals surface area contributed by atoms with Gasteiger partial charge in [0.2, 0.25) is 6.79 Å². The van der Waals surface area contributed by atoms with Crippen LogP contribution in [0.15, 0.2) is 78.9 Å². The number of rotatable bonds is 10. The van der Waals surface area contributed by atoms with Crippen LogP contribution in [0.2, 0.25) is 0 Å². The molecule has 1 aliphatic heterocycles. The highest BCUT2D eigenvalue weighted by Crippen LogP contribution is 2.32. The summed E-state index contributed by atoms with van der Waals surface area (Å²) in [5.74, 6) is 1.56. The number of fused-ring (bicyclic) bond motifs is 1. The lowest BCUT2D eigenvalue weighted by Crippen LogP contribution is -2.34. The summed E-state index contributed by atoms with van der Waals surface area (Å²) in [4.78, 5) is 2.23. The van der Waals surface area contributed by atoms with Gasteiger partial charge >= 0.3 is 0 Å². The molecule has 3 aromatic carbocycles. The number of hydrogen-bond acceptors (Lipinski definition) is 5. The highest BCUT2D eigenvalue weighted by molar-refractivity contribution is 5.44. The molecule has 0 amide bonds. The zero-order valence-electron chi connectivity index (χ0n) is 16.9. The largest absolute Gasteiger partial charge is 0.454 e. The van der Waals surface area contributed by atoms with Gasteiger partial charge in [0, 0.05) is 19.6 Å². The SMILES string of the molecule is O[C@@H](COCc1ccccc1)CN(Cc1ccccc1)Cc1ccc2c(c1)OCO2. The van der Waals surface area contributed by atoms with Gasteiger partial charge < -0.3 is 19.3 Å². The third-order valence-electron chi connectivity index (χ3n) is 4.98. The Bertz CT molecular complexity index is 917. The number of aliphatic hydroxyl groups is 1. The number of aliphatic hydroxyl groups excluding tert-OH is 1. The summed E-state index contributed by atoms with van der Waals surface area (Å²) >= 11 is 0. The van der Waals surface area contributed by atoms with Gasteiger partial charge in [-0.2, -0.15) is 0 Å². The van der Waals surface area contributed by atoms with Gasteiger partial charge in [-0.3, -0.25) is 4.90 Å². The average molecular weight is 405 g/mol. The molecular weight excluding hydrogens is 378 g/mol. The summed E-state index contributed by atoms with van der Waals surface area (Å²) in [5, 5.41) is 10.6. The molecule has 5 nitrogen and oxygen atoms in total. The van der Waals surface area contributed by atoms with Crippen molar-refractivity contribution in [3.63, 3.8) is 0 Å². The van der Waals surface area contributed by atoms with Gasteiger partial charge in [0.05, 0.1) is 19.3 Å². The quantitative estimate of drug-likeness (QED) is 0.553.